The van der Waals surface area contributed by atoms with E-state index in [0.29, 0.717) is 39.7 Å². The first-order valence-corrected chi connectivity index (χ1v) is 42.3. The van der Waals surface area contributed by atoms with E-state index in [1.165, 1.54) is 50.3 Å². The number of hydrogen-bond acceptors (Lipinski definition) is 25. The average molecular weight is 1840 g/mol. The molecular formula is C82H111N21O24S2. The summed E-state index contributed by atoms with van der Waals surface area (Å²) in [5, 5.41) is 72.9. The maximum Gasteiger partial charge on any atom is 0.328 e. The van der Waals surface area contributed by atoms with Crippen molar-refractivity contribution in [2.45, 2.75) is 202 Å². The van der Waals surface area contributed by atoms with Gasteiger partial charge in [-0.1, -0.05) is 107 Å². The molecule has 129 heavy (non-hydrogen) atoms. The number of aromatic amines is 2. The van der Waals surface area contributed by atoms with Crippen LogP contribution in [0.5, 0.6) is 0 Å². The molecule has 5 aromatic rings. The minimum atomic E-state index is -2.13. The number of thiol groups is 2. The number of nitrogens with one attached hydrogen (secondary N) is 16. The Kier molecular flexibility index (Phi) is 41.4. The standard InChI is InChI=1S/C82H111N21O24S2/c1-40(2)25-51(71(115)90-42(5)68(112)93-54(29-46-34-86-39-89-46)73(117)100-59(37-128)78(122)98-57(27-44-17-10-7-11-18-44)81(125)103-24-14-21-61(103)79(123)99-58(36-104)82(126)127)91-64(107)35-88-70(114)50(22-23-62(84)105)92-75(119)56(32-66(110)111)97-72(116)52(26-43-15-8-6-9-16-43)95-74(118)55(31-63(85)106)96-77(121)60(38-129)101-80(124)67(41(3)4)102-76(120)53(94-69(113)48(83)30-65(108)109)28-45-33-87-49-20-13-12-19-47(45)49/h6-13,15-20,33-34,39-42,48,50-61,67,87,104,128-129H,14,21-32,35-38,83H2,1-5H3,(H2,84,105)(H2,85,106)(H,86,89)(H,88,114)(H,90,115)(H,91,107)(H,92,119)(H,93,112)(H,94,113)(H,95,118)(H,96,121)(H,97,116)(H,98,122)(H,99,123)(H,100,117)(H,101,124)(H,102,120)(H,108,109)(H,110,111)(H,126,127)/t42-,48-,50-,51-,52-,53-,54-,55-,56-,57-,58-,59-,60-,61-,67-/m0/s1. The van der Waals surface area contributed by atoms with Crippen molar-refractivity contribution in [1.82, 2.24) is 94.3 Å². The molecule has 0 saturated carbocycles. The number of carboxylic acids is 3. The van der Waals surface area contributed by atoms with Crippen molar-refractivity contribution in [3.8, 4) is 0 Å². The van der Waals surface area contributed by atoms with Crippen LogP contribution in [0.2, 0.25) is 0 Å². The molecule has 2 aromatic heterocycles. The Balaban J connectivity index is 1.11. The summed E-state index contributed by atoms with van der Waals surface area (Å²) in [6.45, 7) is 5.81. The van der Waals surface area contributed by atoms with Crippen LogP contribution in [0.25, 0.3) is 10.9 Å². The summed E-state index contributed by atoms with van der Waals surface area (Å²) >= 11 is 8.54. The van der Waals surface area contributed by atoms with E-state index in [-0.39, 0.29) is 50.3 Å². The lowest BCUT2D eigenvalue weighted by Crippen LogP contribution is -2.62. The van der Waals surface area contributed by atoms with Gasteiger partial charge in [0.15, 0.2) is 0 Å². The number of aliphatic hydroxyl groups is 1. The Morgan fingerprint density at radius 3 is 1.52 bits per heavy atom. The molecule has 26 N–H and O–H groups in total. The van der Waals surface area contributed by atoms with Gasteiger partial charge in [0.1, 0.15) is 84.6 Å². The van der Waals surface area contributed by atoms with Crippen molar-refractivity contribution in [2.75, 3.05) is 31.2 Å². The number of carboxylic acid groups (broad SMARTS) is 3. The van der Waals surface area contributed by atoms with Crippen LogP contribution in [0, 0.1) is 11.8 Å². The van der Waals surface area contributed by atoms with Gasteiger partial charge in [0.2, 0.25) is 100 Å². The van der Waals surface area contributed by atoms with Crippen LogP contribution in [0.1, 0.15) is 108 Å². The number of hydrogen-bond donors (Lipinski definition) is 25. The molecule has 3 heterocycles. The van der Waals surface area contributed by atoms with Crippen molar-refractivity contribution >= 4 is 154 Å². The summed E-state index contributed by atoms with van der Waals surface area (Å²) in [4.78, 5) is 283. The highest BCUT2D eigenvalue weighted by Crippen LogP contribution is 2.23. The first-order chi connectivity index (χ1) is 61.1. The number of nitrogens with two attached hydrogens (primary N) is 3. The maximum absolute atomic E-state index is 14.5. The fourth-order valence-corrected chi connectivity index (χ4v) is 14.0. The Labute approximate surface area is 750 Å². The number of imidazole rings is 1. The lowest BCUT2D eigenvalue weighted by molar-refractivity contribution is -0.145. The second kappa shape index (κ2) is 51.3. The molecule has 0 bridgehead atoms. The van der Waals surface area contributed by atoms with Crippen LogP contribution >= 0.6 is 25.3 Å². The number of benzene rings is 3. The van der Waals surface area contributed by atoms with Crippen LogP contribution < -0.4 is 91.6 Å². The molecule has 3 aromatic carbocycles. The zero-order valence-electron chi connectivity index (χ0n) is 71.1. The largest absolute Gasteiger partial charge is 0.481 e. The lowest BCUT2D eigenvalue weighted by atomic mass is 10.00. The van der Waals surface area contributed by atoms with Crippen LogP contribution in [0.15, 0.2) is 104 Å². The molecule has 6 rings (SSSR count). The molecule has 47 heteroatoms. The predicted octanol–water partition coefficient (Wildman–Crippen LogP) is -6.35. The molecule has 45 nitrogen and oxygen atoms in total. The van der Waals surface area contributed by atoms with Crippen LogP contribution in [-0.4, -0.2) is 280 Å². The van der Waals surface area contributed by atoms with Gasteiger partial charge in [-0.3, -0.25) is 91.1 Å². The molecule has 0 spiro atoms. The van der Waals surface area contributed by atoms with Gasteiger partial charge in [0.05, 0.1) is 44.8 Å². The second-order valence-corrected chi connectivity index (χ2v) is 32.0. The number of primary amides is 2. The average Bonchev–Trinajstić information content (AvgIpc) is 1.71. The predicted molar refractivity (Wildman–Crippen MR) is 465 cm³/mol. The van der Waals surface area contributed by atoms with Crippen molar-refractivity contribution in [1.29, 1.82) is 0 Å². The van der Waals surface area contributed by atoms with Gasteiger partial charge in [-0.15, -0.1) is 0 Å². The monoisotopic (exact) mass is 1840 g/mol. The molecular weight excluding hydrogens is 1730 g/mol. The summed E-state index contributed by atoms with van der Waals surface area (Å²) in [6, 6.07) is -1.01. The van der Waals surface area contributed by atoms with Gasteiger partial charge in [-0.25, -0.2) is 9.78 Å². The van der Waals surface area contributed by atoms with Crippen molar-refractivity contribution in [2.24, 2.45) is 29.0 Å². The number of nitrogens with zero attached hydrogens (tertiary/aromatic N) is 2. The number of fused-ring (bicyclic) bond motifs is 1. The van der Waals surface area contributed by atoms with Gasteiger partial charge in [0, 0.05) is 79.1 Å². The molecule has 1 saturated heterocycles. The fourth-order valence-electron chi connectivity index (χ4n) is 13.5. The molecule has 1 aliphatic heterocycles. The normalized spacial score (nSPS) is 15.6. The number of rotatable bonds is 53. The topological polar surface area (TPSA) is 717 Å². The SMILES string of the molecule is CC(C)C[C@H](NC(=O)CNC(=O)[C@H](CCC(N)=O)NC(=O)[C@H](CC(=O)O)NC(=O)[C@H](Cc1ccccc1)NC(=O)[C@H](CC(N)=O)NC(=O)[C@H](CS)NC(=O)[C@@H](NC(=O)[C@H](Cc1c[nH]c2ccccc12)NC(=O)[C@@H](N)CC(=O)O)C(C)C)C(=O)N[C@@H](C)C(=O)N[C@@H](Cc1cnc[nH]1)C(=O)N[C@@H](CS)C(=O)N[C@@H](Cc1ccccc1)C(=O)N1CCC[C@H]1C(=O)N[C@@H](CO)C(=O)O. The number of aliphatic hydroxyl groups excluding tert-OH is 1. The van der Waals surface area contributed by atoms with E-state index in [0.717, 1.165) is 0 Å². The number of para-hydroxylation sites is 1. The summed E-state index contributed by atoms with van der Waals surface area (Å²) in [6.07, 6.45) is -0.687. The van der Waals surface area contributed by atoms with Crippen molar-refractivity contribution in [3.05, 3.63) is 126 Å². The minimum absolute atomic E-state index is 0.0382. The van der Waals surface area contributed by atoms with Gasteiger partial charge in [-0.05, 0) is 67.2 Å². The molecule has 0 unspecified atom stereocenters. The van der Waals surface area contributed by atoms with Crippen LogP contribution in [0.3, 0.4) is 0 Å². The van der Waals surface area contributed by atoms with Gasteiger partial charge < -0.3 is 127 Å². The van der Waals surface area contributed by atoms with E-state index in [1.54, 1.807) is 92.8 Å². The number of amides is 17. The van der Waals surface area contributed by atoms with E-state index < -0.39 is 272 Å². The van der Waals surface area contributed by atoms with Crippen molar-refractivity contribution < 1.29 is 116 Å². The zero-order valence-corrected chi connectivity index (χ0v) is 72.9. The molecule has 1 aliphatic rings. The molecule has 700 valence electrons. The van der Waals surface area contributed by atoms with E-state index in [4.69, 9.17) is 17.2 Å². The first-order valence-electron chi connectivity index (χ1n) is 41.0. The van der Waals surface area contributed by atoms with E-state index in [9.17, 15) is 116 Å². The summed E-state index contributed by atoms with van der Waals surface area (Å²) in [7, 11) is 0. The Morgan fingerprint density at radius 2 is 0.977 bits per heavy atom. The third-order valence-corrected chi connectivity index (χ3v) is 21.0. The highest BCUT2D eigenvalue weighted by atomic mass is 32.1. The number of carbonyl (C=O) groups is 20. The number of aromatic nitrogens is 3. The summed E-state index contributed by atoms with van der Waals surface area (Å²) in [5.41, 5.74) is 19.3. The van der Waals surface area contributed by atoms with Crippen molar-refractivity contribution in [3.63, 3.8) is 0 Å². The highest BCUT2D eigenvalue weighted by molar-refractivity contribution is 7.80. The minimum Gasteiger partial charge on any atom is -0.481 e. The molecule has 0 aliphatic carbocycles. The fraction of sp³-hybridized carbons (Fsp3) is 0.476. The number of likely N-dealkylation sites (tertiary alicyclic amines) is 1. The third kappa shape index (κ3) is 33.6. The lowest BCUT2D eigenvalue weighted by Gasteiger charge is -2.30. The molecule has 1 fully saturated rings. The Hall–Kier alpha value is -13.6. The van der Waals surface area contributed by atoms with Gasteiger partial charge in [-0.2, -0.15) is 25.3 Å². The van der Waals surface area contributed by atoms with Crippen LogP contribution in [-0.2, 0) is 122 Å². The molecule has 0 radical (unpaired) electrons. The molecule has 15 atom stereocenters. The van der Waals surface area contributed by atoms with Gasteiger partial charge >= 0.3 is 17.9 Å². The maximum atomic E-state index is 14.5. The van der Waals surface area contributed by atoms with E-state index in [1.807, 2.05) is 0 Å². The highest BCUT2D eigenvalue weighted by Gasteiger charge is 2.42. The van der Waals surface area contributed by atoms with Crippen LogP contribution in [0.4, 0.5) is 0 Å². The van der Waals surface area contributed by atoms with E-state index in [2.05, 4.69) is 115 Å². The van der Waals surface area contributed by atoms with E-state index >= 15 is 0 Å². The number of H-pyrrole nitrogens is 2. The number of carbonyl (C=O) groups excluding carboxylic acids is 17. The Bertz CT molecular complexity index is 4810. The zero-order chi connectivity index (χ0) is 95.5. The molecule has 17 amide bonds. The Morgan fingerprint density at radius 1 is 0.488 bits per heavy atom. The summed E-state index contributed by atoms with van der Waals surface area (Å²) < 4.78 is 0. The second-order valence-electron chi connectivity index (χ2n) is 31.3. The third-order valence-electron chi connectivity index (χ3n) is 20.3. The first kappa shape index (κ1) is 104. The van der Waals surface area contributed by atoms with Gasteiger partial charge in [0.25, 0.3) is 0 Å². The quantitative estimate of drug-likeness (QED) is 0.0161. The smallest absolute Gasteiger partial charge is 0.328 e. The summed E-state index contributed by atoms with van der Waals surface area (Å²) in [5.74, 6) is -24.5. The number of aliphatic carboxylic acids is 3.